The first kappa shape index (κ1) is 10.8. The third-order valence-corrected chi connectivity index (χ3v) is 3.98. The van der Waals surface area contributed by atoms with Gasteiger partial charge >= 0.3 is 0 Å². The van der Waals surface area contributed by atoms with Gasteiger partial charge in [-0.15, -0.1) is 0 Å². The summed E-state index contributed by atoms with van der Waals surface area (Å²) in [6.07, 6.45) is 6.52. The number of allylic oxidation sites excluding steroid dienone is 2. The topological polar surface area (TPSA) is 0 Å². The number of rotatable bonds is 3. The summed E-state index contributed by atoms with van der Waals surface area (Å²) in [6, 6.07) is 0. The maximum absolute atomic E-state index is 2.46. The van der Waals surface area contributed by atoms with E-state index in [9.17, 15) is 0 Å². The van der Waals surface area contributed by atoms with Crippen molar-refractivity contribution in [1.29, 1.82) is 0 Å². The number of hydrogen-bond donors (Lipinski definition) is 0. The molecule has 0 aliphatic heterocycles. The van der Waals surface area contributed by atoms with E-state index >= 15 is 0 Å². The fourth-order valence-corrected chi connectivity index (χ4v) is 2.10. The van der Waals surface area contributed by atoms with Gasteiger partial charge in [-0.05, 0) is 43.4 Å². The molecule has 0 nitrogen and oxygen atoms in total. The Morgan fingerprint density at radius 3 is 2.46 bits per heavy atom. The van der Waals surface area contributed by atoms with Crippen LogP contribution in [0.3, 0.4) is 0 Å². The van der Waals surface area contributed by atoms with Crippen LogP contribution in [0, 0.1) is 17.3 Å². The van der Waals surface area contributed by atoms with E-state index in [-0.39, 0.29) is 0 Å². The molecule has 0 amide bonds. The maximum atomic E-state index is 2.46. The van der Waals surface area contributed by atoms with E-state index in [0.717, 1.165) is 11.8 Å². The minimum absolute atomic E-state index is 0.537. The van der Waals surface area contributed by atoms with E-state index < -0.39 is 0 Å². The summed E-state index contributed by atoms with van der Waals surface area (Å²) in [5.41, 5.74) is 2.16. The summed E-state index contributed by atoms with van der Waals surface area (Å²) in [4.78, 5) is 0. The van der Waals surface area contributed by atoms with Gasteiger partial charge in [0.1, 0.15) is 0 Å². The molecule has 1 aliphatic carbocycles. The molecule has 0 aromatic carbocycles. The fourth-order valence-electron chi connectivity index (χ4n) is 2.10. The van der Waals surface area contributed by atoms with Gasteiger partial charge in [0.2, 0.25) is 0 Å². The molecule has 0 aromatic rings. The van der Waals surface area contributed by atoms with Crippen molar-refractivity contribution in [2.45, 2.75) is 53.9 Å². The van der Waals surface area contributed by atoms with Crippen molar-refractivity contribution in [3.05, 3.63) is 11.6 Å². The molecule has 2 unspecified atom stereocenters. The Morgan fingerprint density at radius 1 is 1.54 bits per heavy atom. The Hall–Kier alpha value is -0.260. The summed E-state index contributed by atoms with van der Waals surface area (Å²) in [5, 5.41) is 0. The summed E-state index contributed by atoms with van der Waals surface area (Å²) < 4.78 is 0. The fraction of sp³-hybridized carbons (Fsp3) is 0.846. The second-order valence-corrected chi connectivity index (χ2v) is 5.37. The average molecular weight is 180 g/mol. The van der Waals surface area contributed by atoms with Crippen LogP contribution in [0.5, 0.6) is 0 Å². The van der Waals surface area contributed by atoms with Gasteiger partial charge in [0.05, 0.1) is 0 Å². The van der Waals surface area contributed by atoms with E-state index in [1.54, 1.807) is 5.57 Å². The second-order valence-electron chi connectivity index (χ2n) is 5.37. The Kier molecular flexibility index (Phi) is 3.21. The zero-order valence-corrected chi connectivity index (χ0v) is 9.85. The quantitative estimate of drug-likeness (QED) is 0.564. The molecule has 1 aliphatic rings. The highest BCUT2D eigenvalue weighted by Gasteiger charge is 2.40. The predicted octanol–water partition coefficient (Wildman–Crippen LogP) is 4.42. The molecule has 1 saturated carbocycles. The van der Waals surface area contributed by atoms with Crippen molar-refractivity contribution in [2.24, 2.45) is 17.3 Å². The number of hydrogen-bond acceptors (Lipinski definition) is 0. The van der Waals surface area contributed by atoms with Crippen LogP contribution < -0.4 is 0 Å². The highest BCUT2D eigenvalue weighted by molar-refractivity contribution is 5.16. The van der Waals surface area contributed by atoms with Crippen LogP contribution >= 0.6 is 0 Å². The Morgan fingerprint density at radius 2 is 2.15 bits per heavy atom. The highest BCUT2D eigenvalue weighted by atomic mass is 14.4. The molecule has 0 radical (unpaired) electrons. The first-order valence-electron chi connectivity index (χ1n) is 5.64. The van der Waals surface area contributed by atoms with Crippen molar-refractivity contribution >= 4 is 0 Å². The molecule has 1 rings (SSSR count). The third kappa shape index (κ3) is 2.15. The van der Waals surface area contributed by atoms with E-state index in [1.165, 1.54) is 19.3 Å². The highest BCUT2D eigenvalue weighted by Crippen LogP contribution is 2.51. The zero-order chi connectivity index (χ0) is 10.1. The van der Waals surface area contributed by atoms with Crippen LogP contribution in [0.4, 0.5) is 0 Å². The second kappa shape index (κ2) is 3.86. The molecule has 0 bridgehead atoms. The monoisotopic (exact) mass is 180 g/mol. The Balaban J connectivity index is 2.55. The largest absolute Gasteiger partial charge is 0.0848 e. The molecule has 0 saturated heterocycles. The van der Waals surface area contributed by atoms with Gasteiger partial charge in [-0.1, -0.05) is 39.3 Å². The molecule has 76 valence electrons. The molecule has 0 aromatic heterocycles. The van der Waals surface area contributed by atoms with E-state index in [2.05, 4.69) is 40.7 Å². The third-order valence-electron chi connectivity index (χ3n) is 3.98. The average Bonchev–Trinajstić information content (AvgIpc) is 2.10. The Bertz CT molecular complexity index is 200. The molecule has 2 atom stereocenters. The van der Waals surface area contributed by atoms with E-state index in [0.29, 0.717) is 5.41 Å². The van der Waals surface area contributed by atoms with Crippen LogP contribution in [-0.4, -0.2) is 0 Å². The van der Waals surface area contributed by atoms with E-state index in [1.807, 2.05) is 0 Å². The van der Waals surface area contributed by atoms with Crippen LogP contribution in [0.1, 0.15) is 53.9 Å². The summed E-state index contributed by atoms with van der Waals surface area (Å²) in [7, 11) is 0. The first-order chi connectivity index (χ1) is 5.97. The van der Waals surface area contributed by atoms with Crippen molar-refractivity contribution < 1.29 is 0 Å². The SMILES string of the molecule is CC(=CCC(C)C)C1(C)CCC1C. The van der Waals surface area contributed by atoms with Gasteiger partial charge in [0, 0.05) is 0 Å². The van der Waals surface area contributed by atoms with Crippen LogP contribution in [0.25, 0.3) is 0 Å². The maximum Gasteiger partial charge on any atom is -0.00934 e. The van der Waals surface area contributed by atoms with E-state index in [4.69, 9.17) is 0 Å². The van der Waals surface area contributed by atoms with Crippen LogP contribution in [0.15, 0.2) is 11.6 Å². The van der Waals surface area contributed by atoms with Gasteiger partial charge in [0.15, 0.2) is 0 Å². The van der Waals surface area contributed by atoms with Crippen molar-refractivity contribution in [3.8, 4) is 0 Å². The molecule has 0 heterocycles. The Labute approximate surface area is 83.4 Å². The smallest absolute Gasteiger partial charge is 0.00934 e. The van der Waals surface area contributed by atoms with Crippen LogP contribution in [-0.2, 0) is 0 Å². The van der Waals surface area contributed by atoms with Crippen molar-refractivity contribution in [1.82, 2.24) is 0 Å². The lowest BCUT2D eigenvalue weighted by Crippen LogP contribution is -2.36. The van der Waals surface area contributed by atoms with Gasteiger partial charge in [0.25, 0.3) is 0 Å². The zero-order valence-electron chi connectivity index (χ0n) is 9.85. The van der Waals surface area contributed by atoms with Crippen molar-refractivity contribution in [3.63, 3.8) is 0 Å². The molecular weight excluding hydrogens is 156 g/mol. The molecule has 0 spiro atoms. The van der Waals surface area contributed by atoms with Crippen LogP contribution in [0.2, 0.25) is 0 Å². The normalized spacial score (nSPS) is 34.9. The van der Waals surface area contributed by atoms with Gasteiger partial charge in [-0.3, -0.25) is 0 Å². The van der Waals surface area contributed by atoms with Gasteiger partial charge < -0.3 is 0 Å². The first-order valence-corrected chi connectivity index (χ1v) is 5.64. The molecular formula is C13H24. The molecule has 0 heteroatoms. The lowest BCUT2D eigenvalue weighted by Gasteiger charge is -2.46. The summed E-state index contributed by atoms with van der Waals surface area (Å²) in [6.45, 7) is 11.7. The predicted molar refractivity (Wildman–Crippen MR) is 59.7 cm³/mol. The minimum Gasteiger partial charge on any atom is -0.0848 e. The van der Waals surface area contributed by atoms with Gasteiger partial charge in [-0.2, -0.15) is 0 Å². The van der Waals surface area contributed by atoms with Crippen molar-refractivity contribution in [2.75, 3.05) is 0 Å². The summed E-state index contributed by atoms with van der Waals surface area (Å²) in [5.74, 6) is 1.70. The minimum atomic E-state index is 0.537. The molecule has 13 heavy (non-hydrogen) atoms. The van der Waals surface area contributed by atoms with Gasteiger partial charge in [-0.25, -0.2) is 0 Å². The summed E-state index contributed by atoms with van der Waals surface area (Å²) >= 11 is 0. The standard InChI is InChI=1S/C13H24/c1-10(2)6-7-11(3)13(5)9-8-12(13)4/h7,10,12H,6,8-9H2,1-5H3. The lowest BCUT2D eigenvalue weighted by atomic mass is 9.58. The lowest BCUT2D eigenvalue weighted by molar-refractivity contribution is 0.109. The molecule has 1 fully saturated rings. The molecule has 0 N–H and O–H groups in total.